The molecular weight excluding hydrogens is 308 g/mol. The third kappa shape index (κ3) is 2.47. The molecule has 0 bridgehead atoms. The van der Waals surface area contributed by atoms with E-state index in [0.717, 1.165) is 22.6 Å². The van der Waals surface area contributed by atoms with Crippen molar-refractivity contribution < 1.29 is 0 Å². The van der Waals surface area contributed by atoms with Crippen LogP contribution in [0.25, 0.3) is 28.2 Å². The quantitative estimate of drug-likeness (QED) is 0.513. The second-order valence-corrected chi connectivity index (χ2v) is 5.66. The summed E-state index contributed by atoms with van der Waals surface area (Å²) in [6.07, 6.45) is 1.66. The summed E-state index contributed by atoms with van der Waals surface area (Å²) >= 11 is 6.00. The van der Waals surface area contributed by atoms with Crippen molar-refractivity contribution in [1.29, 1.82) is 0 Å². The molecule has 0 saturated heterocycles. The van der Waals surface area contributed by atoms with Gasteiger partial charge in [-0.25, -0.2) is 9.97 Å². The molecule has 0 saturated carbocycles. The molecule has 0 N–H and O–H groups in total. The number of rotatable bonds is 2. The molecule has 0 aliphatic heterocycles. The highest BCUT2D eigenvalue weighted by molar-refractivity contribution is 6.28. The first-order valence-corrected chi connectivity index (χ1v) is 7.63. The lowest BCUT2D eigenvalue weighted by molar-refractivity contribution is 1.06. The summed E-state index contributed by atoms with van der Waals surface area (Å²) in [5.41, 5.74) is 4.61. The van der Waals surface area contributed by atoms with Gasteiger partial charge in [-0.05, 0) is 36.2 Å². The van der Waals surface area contributed by atoms with Gasteiger partial charge in [0.15, 0.2) is 5.65 Å². The van der Waals surface area contributed by atoms with E-state index in [1.54, 1.807) is 6.20 Å². The molecule has 23 heavy (non-hydrogen) atoms. The Morgan fingerprint density at radius 3 is 2.57 bits per heavy atom. The van der Waals surface area contributed by atoms with E-state index in [2.05, 4.69) is 29.0 Å². The van der Waals surface area contributed by atoms with Gasteiger partial charge in [-0.2, -0.15) is 4.98 Å². The monoisotopic (exact) mass is 320 g/mol. The molecule has 2 heterocycles. The van der Waals surface area contributed by atoms with Crippen LogP contribution in [0.15, 0.2) is 60.8 Å². The number of benzene rings is 2. The number of aromatic nitrogens is 4. The second-order valence-electron chi connectivity index (χ2n) is 5.32. The molecular formula is C18H13ClN4. The minimum atomic E-state index is 0.214. The van der Waals surface area contributed by atoms with Gasteiger partial charge in [0, 0.05) is 11.3 Å². The molecule has 112 valence electrons. The summed E-state index contributed by atoms with van der Waals surface area (Å²) in [4.78, 5) is 13.1. The van der Waals surface area contributed by atoms with E-state index in [-0.39, 0.29) is 5.28 Å². The van der Waals surface area contributed by atoms with Crippen molar-refractivity contribution in [3.05, 3.63) is 71.6 Å². The maximum Gasteiger partial charge on any atom is 0.224 e. The standard InChI is InChI=1S/C18H13ClN4/c1-12-6-5-9-14(10-12)23-16(13-7-3-2-4-8-13)21-15-11-20-18(19)22-17(15)23/h2-11H,1H3. The van der Waals surface area contributed by atoms with E-state index in [4.69, 9.17) is 16.6 Å². The van der Waals surface area contributed by atoms with Crippen LogP contribution in [-0.4, -0.2) is 19.5 Å². The zero-order valence-corrected chi connectivity index (χ0v) is 13.2. The van der Waals surface area contributed by atoms with Crippen molar-refractivity contribution in [1.82, 2.24) is 19.5 Å². The Morgan fingerprint density at radius 1 is 0.957 bits per heavy atom. The van der Waals surface area contributed by atoms with Gasteiger partial charge < -0.3 is 0 Å². The Hall–Kier alpha value is -2.72. The average molecular weight is 321 g/mol. The van der Waals surface area contributed by atoms with Crippen LogP contribution in [0.2, 0.25) is 5.28 Å². The van der Waals surface area contributed by atoms with Gasteiger partial charge in [0.25, 0.3) is 0 Å². The fourth-order valence-electron chi connectivity index (χ4n) is 2.65. The topological polar surface area (TPSA) is 43.6 Å². The van der Waals surface area contributed by atoms with E-state index in [1.165, 1.54) is 5.56 Å². The molecule has 0 fully saturated rings. The highest BCUT2D eigenvalue weighted by Crippen LogP contribution is 2.28. The predicted molar refractivity (Wildman–Crippen MR) is 91.8 cm³/mol. The van der Waals surface area contributed by atoms with Crippen molar-refractivity contribution in [2.45, 2.75) is 6.92 Å². The summed E-state index contributed by atoms with van der Waals surface area (Å²) in [7, 11) is 0. The number of hydrogen-bond acceptors (Lipinski definition) is 3. The maximum atomic E-state index is 6.00. The molecule has 4 aromatic rings. The van der Waals surface area contributed by atoms with Crippen LogP contribution in [0, 0.1) is 6.92 Å². The fourth-order valence-corrected chi connectivity index (χ4v) is 2.77. The van der Waals surface area contributed by atoms with Gasteiger partial charge in [-0.15, -0.1) is 0 Å². The first-order valence-electron chi connectivity index (χ1n) is 7.26. The van der Waals surface area contributed by atoms with Crippen molar-refractivity contribution >= 4 is 22.8 Å². The number of nitrogens with zero attached hydrogens (tertiary/aromatic N) is 4. The van der Waals surface area contributed by atoms with Crippen LogP contribution in [0.3, 0.4) is 0 Å². The minimum absolute atomic E-state index is 0.214. The van der Waals surface area contributed by atoms with Crippen molar-refractivity contribution in [2.75, 3.05) is 0 Å². The molecule has 2 aromatic heterocycles. The summed E-state index contributed by atoms with van der Waals surface area (Å²) < 4.78 is 2.02. The third-order valence-corrected chi connectivity index (χ3v) is 3.84. The molecule has 4 rings (SSSR count). The lowest BCUT2D eigenvalue weighted by Gasteiger charge is -2.09. The van der Waals surface area contributed by atoms with Gasteiger partial charge in [0.1, 0.15) is 11.3 Å². The van der Waals surface area contributed by atoms with Gasteiger partial charge in [0.2, 0.25) is 5.28 Å². The normalized spacial score (nSPS) is 11.0. The van der Waals surface area contributed by atoms with E-state index < -0.39 is 0 Å². The summed E-state index contributed by atoms with van der Waals surface area (Å²) in [6, 6.07) is 18.3. The average Bonchev–Trinajstić information content (AvgIpc) is 2.94. The van der Waals surface area contributed by atoms with Crippen molar-refractivity contribution in [3.63, 3.8) is 0 Å². The highest BCUT2D eigenvalue weighted by atomic mass is 35.5. The lowest BCUT2D eigenvalue weighted by Crippen LogP contribution is -1.99. The smallest absolute Gasteiger partial charge is 0.224 e. The molecule has 0 atom stereocenters. The molecule has 0 aliphatic rings. The Labute approximate surface area is 138 Å². The predicted octanol–water partition coefficient (Wildman–Crippen LogP) is 4.44. The van der Waals surface area contributed by atoms with Crippen LogP contribution < -0.4 is 0 Å². The van der Waals surface area contributed by atoms with E-state index >= 15 is 0 Å². The van der Waals surface area contributed by atoms with E-state index in [0.29, 0.717) is 5.65 Å². The zero-order valence-electron chi connectivity index (χ0n) is 12.4. The third-order valence-electron chi connectivity index (χ3n) is 3.66. The van der Waals surface area contributed by atoms with Gasteiger partial charge in [-0.1, -0.05) is 42.5 Å². The Kier molecular flexibility index (Phi) is 3.32. The van der Waals surface area contributed by atoms with Crippen LogP contribution in [0.4, 0.5) is 0 Å². The van der Waals surface area contributed by atoms with Gasteiger partial charge in [0.05, 0.1) is 6.20 Å². The fraction of sp³-hybridized carbons (Fsp3) is 0.0556. The van der Waals surface area contributed by atoms with Crippen molar-refractivity contribution in [3.8, 4) is 17.1 Å². The van der Waals surface area contributed by atoms with Crippen LogP contribution in [0.1, 0.15) is 5.56 Å². The Bertz CT molecular complexity index is 993. The number of imidazole rings is 1. The summed E-state index contributed by atoms with van der Waals surface area (Å²) in [6.45, 7) is 2.06. The second kappa shape index (κ2) is 5.48. The molecule has 0 radical (unpaired) electrons. The van der Waals surface area contributed by atoms with Gasteiger partial charge >= 0.3 is 0 Å². The SMILES string of the molecule is Cc1cccc(-n2c(-c3ccccc3)nc3cnc(Cl)nc32)c1. The molecule has 0 unspecified atom stereocenters. The van der Waals surface area contributed by atoms with Crippen LogP contribution in [0.5, 0.6) is 0 Å². The zero-order chi connectivity index (χ0) is 15.8. The number of aryl methyl sites for hydroxylation is 1. The number of hydrogen-bond donors (Lipinski definition) is 0. The Morgan fingerprint density at radius 2 is 1.78 bits per heavy atom. The van der Waals surface area contributed by atoms with Crippen molar-refractivity contribution in [2.24, 2.45) is 0 Å². The Balaban J connectivity index is 2.08. The lowest BCUT2D eigenvalue weighted by atomic mass is 10.2. The van der Waals surface area contributed by atoms with Gasteiger partial charge in [-0.3, -0.25) is 4.57 Å². The van der Waals surface area contributed by atoms with E-state index in [9.17, 15) is 0 Å². The molecule has 4 nitrogen and oxygen atoms in total. The minimum Gasteiger partial charge on any atom is -0.277 e. The summed E-state index contributed by atoms with van der Waals surface area (Å²) in [5.74, 6) is 0.822. The first kappa shape index (κ1) is 13.9. The van der Waals surface area contributed by atoms with Crippen LogP contribution in [-0.2, 0) is 0 Å². The van der Waals surface area contributed by atoms with E-state index in [1.807, 2.05) is 47.0 Å². The summed E-state index contributed by atoms with van der Waals surface area (Å²) in [5, 5.41) is 0.214. The number of fused-ring (bicyclic) bond motifs is 1. The molecule has 0 aliphatic carbocycles. The molecule has 5 heteroatoms. The largest absolute Gasteiger partial charge is 0.277 e. The molecule has 2 aromatic carbocycles. The molecule has 0 amide bonds. The molecule has 0 spiro atoms. The van der Waals surface area contributed by atoms with Crippen LogP contribution >= 0.6 is 11.6 Å². The maximum absolute atomic E-state index is 6.00. The highest BCUT2D eigenvalue weighted by Gasteiger charge is 2.16. The number of halogens is 1. The first-order chi connectivity index (χ1) is 11.2.